The SMILES string of the molecule is CC(C)CCCC(C)COc1ccc(CC[C@@](N)(CO)CC2CCC2)c(O)c1. The minimum absolute atomic E-state index is 0.000153. The molecule has 4 heteroatoms. The van der Waals surface area contributed by atoms with Gasteiger partial charge < -0.3 is 20.7 Å². The van der Waals surface area contributed by atoms with Gasteiger partial charge in [0.15, 0.2) is 0 Å². The van der Waals surface area contributed by atoms with Gasteiger partial charge in [-0.2, -0.15) is 0 Å². The second-order valence-corrected chi connectivity index (χ2v) is 9.55. The van der Waals surface area contributed by atoms with Crippen molar-refractivity contribution in [1.29, 1.82) is 0 Å². The lowest BCUT2D eigenvalue weighted by Gasteiger charge is -2.35. The molecule has 4 N–H and O–H groups in total. The van der Waals surface area contributed by atoms with Gasteiger partial charge in [-0.05, 0) is 55.1 Å². The minimum Gasteiger partial charge on any atom is -0.508 e. The van der Waals surface area contributed by atoms with E-state index in [0.29, 0.717) is 37.0 Å². The molecule has 1 aromatic carbocycles. The number of aryl methyl sites for hydroxylation is 1. The van der Waals surface area contributed by atoms with Crippen molar-refractivity contribution in [3.8, 4) is 11.5 Å². The van der Waals surface area contributed by atoms with Gasteiger partial charge in [-0.15, -0.1) is 0 Å². The average molecular weight is 392 g/mol. The normalized spacial score (nSPS) is 17.9. The Morgan fingerprint density at radius 3 is 2.54 bits per heavy atom. The number of aliphatic hydroxyl groups excluding tert-OH is 1. The molecule has 0 aromatic heterocycles. The molecular formula is C24H41NO3. The van der Waals surface area contributed by atoms with Crippen LogP contribution in [0.1, 0.15) is 77.7 Å². The number of hydrogen-bond acceptors (Lipinski definition) is 4. The first-order valence-electron chi connectivity index (χ1n) is 11.2. The van der Waals surface area contributed by atoms with E-state index in [2.05, 4.69) is 20.8 Å². The van der Waals surface area contributed by atoms with Crippen LogP contribution in [0.5, 0.6) is 11.5 Å². The second kappa shape index (κ2) is 11.1. The molecule has 0 saturated heterocycles. The topological polar surface area (TPSA) is 75.7 Å². The molecule has 1 aromatic rings. The third kappa shape index (κ3) is 7.63. The molecule has 1 unspecified atom stereocenters. The van der Waals surface area contributed by atoms with Crippen molar-refractivity contribution in [3.63, 3.8) is 0 Å². The molecule has 0 radical (unpaired) electrons. The van der Waals surface area contributed by atoms with Crippen LogP contribution >= 0.6 is 0 Å². The Balaban J connectivity index is 1.79. The Morgan fingerprint density at radius 2 is 1.96 bits per heavy atom. The summed E-state index contributed by atoms with van der Waals surface area (Å²) < 4.78 is 5.88. The summed E-state index contributed by atoms with van der Waals surface area (Å²) in [5, 5.41) is 20.1. The minimum atomic E-state index is -0.544. The lowest BCUT2D eigenvalue weighted by atomic mass is 9.75. The Bertz CT molecular complexity index is 585. The third-order valence-corrected chi connectivity index (χ3v) is 6.20. The van der Waals surface area contributed by atoms with Crippen LogP contribution in [0, 0.1) is 17.8 Å². The molecule has 0 amide bonds. The maximum atomic E-state index is 10.4. The molecule has 0 spiro atoms. The fourth-order valence-electron chi connectivity index (χ4n) is 3.94. The number of nitrogens with two attached hydrogens (primary N) is 1. The highest BCUT2D eigenvalue weighted by Crippen LogP contribution is 2.35. The Kier molecular flexibility index (Phi) is 9.10. The van der Waals surface area contributed by atoms with Crippen molar-refractivity contribution in [2.24, 2.45) is 23.5 Å². The van der Waals surface area contributed by atoms with Crippen molar-refractivity contribution in [1.82, 2.24) is 0 Å². The maximum Gasteiger partial charge on any atom is 0.123 e. The van der Waals surface area contributed by atoms with Crippen LogP contribution in [0.3, 0.4) is 0 Å². The smallest absolute Gasteiger partial charge is 0.123 e. The van der Waals surface area contributed by atoms with Crippen LogP contribution in [0.25, 0.3) is 0 Å². The summed E-state index contributed by atoms with van der Waals surface area (Å²) in [6.45, 7) is 7.41. The summed E-state index contributed by atoms with van der Waals surface area (Å²) in [6.07, 6.45) is 9.63. The first-order valence-corrected chi connectivity index (χ1v) is 11.2. The standard InChI is InChI=1S/C24H41NO3/c1-18(2)6-4-7-19(3)16-28-22-11-10-21(23(27)14-22)12-13-24(25,17-26)15-20-8-5-9-20/h10-11,14,18-20,26-27H,4-9,12-13,15-17,25H2,1-3H3/t19?,24-/m0/s1. The number of aliphatic hydroxyl groups is 1. The molecule has 0 bridgehead atoms. The molecule has 1 aliphatic rings. The summed E-state index contributed by atoms with van der Waals surface area (Å²) in [6, 6.07) is 5.56. The highest BCUT2D eigenvalue weighted by atomic mass is 16.5. The van der Waals surface area contributed by atoms with Crippen molar-refractivity contribution < 1.29 is 14.9 Å². The van der Waals surface area contributed by atoms with E-state index in [1.165, 1.54) is 38.5 Å². The van der Waals surface area contributed by atoms with Crippen LogP contribution in [0.15, 0.2) is 18.2 Å². The molecule has 0 heterocycles. The van der Waals surface area contributed by atoms with Gasteiger partial charge in [0.1, 0.15) is 11.5 Å². The van der Waals surface area contributed by atoms with Crippen molar-refractivity contribution >= 4 is 0 Å². The molecule has 160 valence electrons. The number of benzene rings is 1. The van der Waals surface area contributed by atoms with Gasteiger partial charge in [-0.25, -0.2) is 0 Å². The van der Waals surface area contributed by atoms with Crippen LogP contribution in [0.2, 0.25) is 0 Å². The maximum absolute atomic E-state index is 10.4. The third-order valence-electron chi connectivity index (χ3n) is 6.20. The quantitative estimate of drug-likeness (QED) is 0.440. The number of phenolic OH excluding ortho intramolecular Hbond substituents is 1. The highest BCUT2D eigenvalue weighted by molar-refractivity contribution is 5.39. The van der Waals surface area contributed by atoms with Crippen LogP contribution in [-0.4, -0.2) is 29.0 Å². The summed E-state index contributed by atoms with van der Waals surface area (Å²) in [4.78, 5) is 0. The zero-order chi connectivity index (χ0) is 20.6. The fourth-order valence-corrected chi connectivity index (χ4v) is 3.94. The van der Waals surface area contributed by atoms with E-state index in [9.17, 15) is 10.2 Å². The first kappa shape index (κ1) is 23.0. The molecule has 1 saturated carbocycles. The number of hydrogen-bond donors (Lipinski definition) is 3. The Morgan fingerprint density at radius 1 is 1.21 bits per heavy atom. The summed E-state index contributed by atoms with van der Waals surface area (Å²) in [5.41, 5.74) is 6.74. The van der Waals surface area contributed by atoms with Crippen molar-refractivity contribution in [2.75, 3.05) is 13.2 Å². The van der Waals surface area contributed by atoms with E-state index >= 15 is 0 Å². The van der Waals surface area contributed by atoms with E-state index in [-0.39, 0.29) is 12.4 Å². The Hall–Kier alpha value is -1.26. The molecule has 1 aliphatic carbocycles. The zero-order valence-electron chi connectivity index (χ0n) is 18.1. The predicted molar refractivity (Wildman–Crippen MR) is 116 cm³/mol. The average Bonchev–Trinajstić information content (AvgIpc) is 2.62. The molecule has 2 atom stereocenters. The summed E-state index contributed by atoms with van der Waals surface area (Å²) >= 11 is 0. The molecule has 28 heavy (non-hydrogen) atoms. The predicted octanol–water partition coefficient (Wildman–Crippen LogP) is 5.05. The highest BCUT2D eigenvalue weighted by Gasteiger charge is 2.31. The second-order valence-electron chi connectivity index (χ2n) is 9.55. The number of rotatable bonds is 13. The summed E-state index contributed by atoms with van der Waals surface area (Å²) in [7, 11) is 0. The Labute approximate surface area is 171 Å². The lowest BCUT2D eigenvalue weighted by Crippen LogP contribution is -2.46. The van der Waals surface area contributed by atoms with E-state index in [4.69, 9.17) is 10.5 Å². The largest absolute Gasteiger partial charge is 0.508 e. The zero-order valence-corrected chi connectivity index (χ0v) is 18.1. The number of ether oxygens (including phenoxy) is 1. The molecular weight excluding hydrogens is 350 g/mol. The molecule has 2 rings (SSSR count). The van der Waals surface area contributed by atoms with E-state index in [1.807, 2.05) is 12.1 Å². The molecule has 0 aliphatic heterocycles. The number of aromatic hydroxyl groups is 1. The monoisotopic (exact) mass is 391 g/mol. The van der Waals surface area contributed by atoms with E-state index < -0.39 is 5.54 Å². The first-order chi connectivity index (χ1) is 13.3. The van der Waals surface area contributed by atoms with Gasteiger partial charge >= 0.3 is 0 Å². The van der Waals surface area contributed by atoms with Gasteiger partial charge in [-0.1, -0.05) is 58.9 Å². The van der Waals surface area contributed by atoms with Gasteiger partial charge in [0.05, 0.1) is 13.2 Å². The van der Waals surface area contributed by atoms with Gasteiger partial charge in [0.2, 0.25) is 0 Å². The van der Waals surface area contributed by atoms with Crippen molar-refractivity contribution in [2.45, 2.75) is 84.1 Å². The van der Waals surface area contributed by atoms with E-state index in [1.54, 1.807) is 6.07 Å². The summed E-state index contributed by atoms with van der Waals surface area (Å²) in [5.74, 6) is 2.89. The van der Waals surface area contributed by atoms with Gasteiger partial charge in [0.25, 0.3) is 0 Å². The van der Waals surface area contributed by atoms with Crippen LogP contribution < -0.4 is 10.5 Å². The van der Waals surface area contributed by atoms with Crippen LogP contribution in [-0.2, 0) is 6.42 Å². The fraction of sp³-hybridized carbons (Fsp3) is 0.750. The van der Waals surface area contributed by atoms with Gasteiger partial charge in [-0.3, -0.25) is 0 Å². The lowest BCUT2D eigenvalue weighted by molar-refractivity contribution is 0.135. The van der Waals surface area contributed by atoms with Gasteiger partial charge in [0, 0.05) is 11.6 Å². The number of phenols is 1. The van der Waals surface area contributed by atoms with E-state index in [0.717, 1.165) is 17.9 Å². The molecule has 1 fully saturated rings. The molecule has 4 nitrogen and oxygen atoms in total. The van der Waals surface area contributed by atoms with Crippen LogP contribution in [0.4, 0.5) is 0 Å². The van der Waals surface area contributed by atoms with Crippen molar-refractivity contribution in [3.05, 3.63) is 23.8 Å².